The Balaban J connectivity index is 1.55. The van der Waals surface area contributed by atoms with E-state index in [4.69, 9.17) is 0 Å². The molecule has 148 valence electrons. The Bertz CT molecular complexity index is 910. The van der Waals surface area contributed by atoms with Crippen LogP contribution in [0.15, 0.2) is 29.6 Å². The van der Waals surface area contributed by atoms with Crippen LogP contribution < -0.4 is 5.32 Å². The second-order valence-electron chi connectivity index (χ2n) is 8.61. The third-order valence-corrected chi connectivity index (χ3v) is 7.56. The standard InChI is InChI=1S/C23H27NO3S/c1-3-14-11-23(2,12-14)22(27)24-20-19(21(25)26)18(13-28-20)17-9-8-15-6-4-5-7-16(15)10-17/h4-7,13-14,17H,3,8-12H2,1-2H3,(H,24,27)(H,25,26). The van der Waals surface area contributed by atoms with Gasteiger partial charge in [0.1, 0.15) is 5.00 Å². The number of carboxylic acid groups (broad SMARTS) is 1. The Kier molecular flexibility index (Phi) is 5.04. The summed E-state index contributed by atoms with van der Waals surface area (Å²) in [7, 11) is 0. The van der Waals surface area contributed by atoms with Crippen LogP contribution in [0.1, 0.15) is 72.5 Å². The van der Waals surface area contributed by atoms with Crippen LogP contribution in [0, 0.1) is 11.3 Å². The number of benzene rings is 1. The van der Waals surface area contributed by atoms with Crippen LogP contribution in [0.5, 0.6) is 0 Å². The summed E-state index contributed by atoms with van der Waals surface area (Å²) in [4.78, 5) is 24.9. The molecule has 1 amide bonds. The lowest BCUT2D eigenvalue weighted by atomic mass is 9.62. The van der Waals surface area contributed by atoms with E-state index >= 15 is 0 Å². The second-order valence-corrected chi connectivity index (χ2v) is 9.49. The van der Waals surface area contributed by atoms with E-state index in [1.54, 1.807) is 0 Å². The third-order valence-electron chi connectivity index (χ3n) is 6.65. The number of carboxylic acids is 1. The first kappa shape index (κ1) is 19.2. The van der Waals surface area contributed by atoms with Crippen molar-refractivity contribution in [1.82, 2.24) is 0 Å². The van der Waals surface area contributed by atoms with E-state index in [0.717, 1.165) is 44.1 Å². The molecule has 0 aliphatic heterocycles. The molecule has 4 nitrogen and oxygen atoms in total. The summed E-state index contributed by atoms with van der Waals surface area (Å²) in [6.07, 6.45) is 5.63. The Labute approximate surface area is 170 Å². The molecule has 1 saturated carbocycles. The first-order chi connectivity index (χ1) is 13.4. The van der Waals surface area contributed by atoms with Gasteiger partial charge in [-0.25, -0.2) is 4.79 Å². The van der Waals surface area contributed by atoms with Crippen LogP contribution in [0.2, 0.25) is 0 Å². The molecule has 1 aromatic heterocycles. The van der Waals surface area contributed by atoms with Crippen LogP contribution in [0.25, 0.3) is 0 Å². The molecule has 2 aliphatic carbocycles. The van der Waals surface area contributed by atoms with Crippen LogP contribution in [0.4, 0.5) is 5.00 Å². The Hall–Kier alpha value is -2.14. The highest BCUT2D eigenvalue weighted by atomic mass is 32.1. The number of carbonyl (C=O) groups excluding carboxylic acids is 1. The van der Waals surface area contributed by atoms with Gasteiger partial charge in [0.25, 0.3) is 0 Å². The predicted molar refractivity (Wildman–Crippen MR) is 112 cm³/mol. The van der Waals surface area contributed by atoms with Crippen LogP contribution in [-0.4, -0.2) is 17.0 Å². The number of amides is 1. The molecule has 1 unspecified atom stereocenters. The molecule has 4 rings (SSSR count). The van der Waals surface area contributed by atoms with Crippen molar-refractivity contribution in [2.24, 2.45) is 11.3 Å². The smallest absolute Gasteiger partial charge is 0.339 e. The molecular weight excluding hydrogens is 370 g/mol. The number of aromatic carboxylic acids is 1. The molecule has 5 heteroatoms. The van der Waals surface area contributed by atoms with Gasteiger partial charge < -0.3 is 10.4 Å². The molecule has 0 saturated heterocycles. The highest BCUT2D eigenvalue weighted by Crippen LogP contribution is 2.48. The molecule has 1 fully saturated rings. The fourth-order valence-corrected chi connectivity index (χ4v) is 5.92. The third kappa shape index (κ3) is 3.37. The molecule has 2 aliphatic rings. The van der Waals surface area contributed by atoms with Crippen molar-refractivity contribution in [3.63, 3.8) is 0 Å². The number of hydrogen-bond donors (Lipinski definition) is 2. The van der Waals surface area contributed by atoms with E-state index in [9.17, 15) is 14.7 Å². The lowest BCUT2D eigenvalue weighted by Crippen LogP contribution is -2.44. The first-order valence-electron chi connectivity index (χ1n) is 10.1. The SMILES string of the molecule is CCC1CC(C)(C(=O)Nc2scc(C3CCc4ccccc4C3)c2C(=O)O)C1. The van der Waals surface area contributed by atoms with Crippen molar-refractivity contribution in [2.45, 2.75) is 58.3 Å². The van der Waals surface area contributed by atoms with Crippen molar-refractivity contribution >= 4 is 28.2 Å². The number of rotatable bonds is 5. The van der Waals surface area contributed by atoms with E-state index < -0.39 is 5.97 Å². The van der Waals surface area contributed by atoms with E-state index in [2.05, 4.69) is 30.4 Å². The summed E-state index contributed by atoms with van der Waals surface area (Å²) in [6, 6.07) is 8.40. The average molecular weight is 398 g/mol. The monoisotopic (exact) mass is 397 g/mol. The van der Waals surface area contributed by atoms with Crippen molar-refractivity contribution < 1.29 is 14.7 Å². The largest absolute Gasteiger partial charge is 0.478 e. The zero-order chi connectivity index (χ0) is 19.9. The van der Waals surface area contributed by atoms with Crippen LogP contribution in [0.3, 0.4) is 0 Å². The highest BCUT2D eigenvalue weighted by molar-refractivity contribution is 7.15. The number of fused-ring (bicyclic) bond motifs is 1. The molecule has 0 spiro atoms. The molecule has 2 aromatic rings. The molecule has 1 heterocycles. The first-order valence-corrected chi connectivity index (χ1v) is 11.0. The molecular formula is C23H27NO3S. The minimum Gasteiger partial charge on any atom is -0.478 e. The van der Waals surface area contributed by atoms with Crippen LogP contribution in [-0.2, 0) is 17.6 Å². The zero-order valence-electron chi connectivity index (χ0n) is 16.5. The maximum absolute atomic E-state index is 12.8. The quantitative estimate of drug-likeness (QED) is 0.702. The summed E-state index contributed by atoms with van der Waals surface area (Å²) < 4.78 is 0. The van der Waals surface area contributed by atoms with E-state index in [1.165, 1.54) is 22.5 Å². The van der Waals surface area contributed by atoms with Gasteiger partial charge in [-0.05, 0) is 66.0 Å². The van der Waals surface area contributed by atoms with E-state index in [-0.39, 0.29) is 22.8 Å². The van der Waals surface area contributed by atoms with Crippen LogP contribution >= 0.6 is 11.3 Å². The van der Waals surface area contributed by atoms with Gasteiger partial charge in [-0.2, -0.15) is 0 Å². The minimum absolute atomic E-state index is 0.0397. The van der Waals surface area contributed by atoms with Gasteiger partial charge in [0.05, 0.1) is 5.56 Å². The molecule has 1 atom stereocenters. The predicted octanol–water partition coefficient (Wildman–Crippen LogP) is 5.48. The fraction of sp³-hybridized carbons (Fsp3) is 0.478. The second kappa shape index (κ2) is 7.36. The molecule has 28 heavy (non-hydrogen) atoms. The lowest BCUT2D eigenvalue weighted by molar-refractivity contribution is -0.132. The van der Waals surface area contributed by atoms with Gasteiger partial charge in [0.15, 0.2) is 0 Å². The van der Waals surface area contributed by atoms with Gasteiger partial charge in [0, 0.05) is 5.41 Å². The van der Waals surface area contributed by atoms with Gasteiger partial charge in [0.2, 0.25) is 5.91 Å². The number of carbonyl (C=O) groups is 2. The van der Waals surface area contributed by atoms with E-state index in [1.807, 2.05) is 18.4 Å². The summed E-state index contributed by atoms with van der Waals surface area (Å²) >= 11 is 1.35. The maximum Gasteiger partial charge on any atom is 0.339 e. The summed E-state index contributed by atoms with van der Waals surface area (Å²) in [5.74, 6) is -0.194. The average Bonchev–Trinajstić information content (AvgIpc) is 3.08. The van der Waals surface area contributed by atoms with Crippen molar-refractivity contribution in [2.75, 3.05) is 5.32 Å². The maximum atomic E-state index is 12.8. The lowest BCUT2D eigenvalue weighted by Gasteiger charge is -2.43. The number of thiophene rings is 1. The minimum atomic E-state index is -0.949. The Morgan fingerprint density at radius 2 is 1.96 bits per heavy atom. The molecule has 0 radical (unpaired) electrons. The summed E-state index contributed by atoms with van der Waals surface area (Å²) in [6.45, 7) is 4.14. The van der Waals surface area contributed by atoms with Gasteiger partial charge in [-0.15, -0.1) is 11.3 Å². The number of hydrogen-bond acceptors (Lipinski definition) is 3. The van der Waals surface area contributed by atoms with Gasteiger partial charge in [-0.1, -0.05) is 44.5 Å². The summed E-state index contributed by atoms with van der Waals surface area (Å²) in [5.41, 5.74) is 3.46. The number of nitrogens with one attached hydrogen (secondary N) is 1. The van der Waals surface area contributed by atoms with Crippen molar-refractivity contribution in [1.29, 1.82) is 0 Å². The van der Waals surface area contributed by atoms with Gasteiger partial charge >= 0.3 is 5.97 Å². The molecule has 1 aromatic carbocycles. The fourth-order valence-electron chi connectivity index (χ4n) is 4.89. The number of aryl methyl sites for hydroxylation is 1. The Morgan fingerprint density at radius 1 is 1.25 bits per heavy atom. The van der Waals surface area contributed by atoms with E-state index in [0.29, 0.717) is 10.9 Å². The van der Waals surface area contributed by atoms with Crippen molar-refractivity contribution in [3.05, 3.63) is 51.9 Å². The number of anilines is 1. The molecule has 2 N–H and O–H groups in total. The normalized spacial score (nSPS) is 26.2. The van der Waals surface area contributed by atoms with Gasteiger partial charge in [-0.3, -0.25) is 4.79 Å². The Morgan fingerprint density at radius 3 is 2.64 bits per heavy atom. The highest BCUT2D eigenvalue weighted by Gasteiger charge is 2.45. The van der Waals surface area contributed by atoms with Crippen molar-refractivity contribution in [3.8, 4) is 0 Å². The summed E-state index contributed by atoms with van der Waals surface area (Å²) in [5, 5.41) is 15.3. The topological polar surface area (TPSA) is 66.4 Å². The molecule has 0 bridgehead atoms. The zero-order valence-corrected chi connectivity index (χ0v) is 17.3.